The van der Waals surface area contributed by atoms with Gasteiger partial charge in [0.1, 0.15) is 66.5 Å². The van der Waals surface area contributed by atoms with Crippen LogP contribution in [0.4, 0.5) is 0 Å². The van der Waals surface area contributed by atoms with Gasteiger partial charge in [-0.05, 0) is 101 Å². The molecule has 4 saturated carbocycles. The van der Waals surface area contributed by atoms with Crippen LogP contribution in [-0.2, 0) is 38.1 Å². The predicted molar refractivity (Wildman–Crippen MR) is 208 cm³/mol. The first-order chi connectivity index (χ1) is 27.9. The zero-order chi connectivity index (χ0) is 44.4. The summed E-state index contributed by atoms with van der Waals surface area (Å²) in [6.07, 6.45) is -13.2. The highest BCUT2D eigenvalue weighted by atomic mass is 16.8. The first-order valence-electron chi connectivity index (χ1n) is 21.8. The highest BCUT2D eigenvalue weighted by molar-refractivity contribution is 5.87. The molecule has 344 valence electrons. The third-order valence-corrected chi connectivity index (χ3v) is 15.9. The Bertz CT molecular complexity index is 1550. The van der Waals surface area contributed by atoms with Crippen molar-refractivity contribution in [2.24, 2.45) is 46.3 Å². The number of rotatable bonds is 13. The lowest BCUT2D eigenvalue weighted by molar-refractivity contribution is -0.373. The minimum atomic E-state index is -1.81. The molecule has 60 heavy (non-hydrogen) atoms. The number of esters is 1. The van der Waals surface area contributed by atoms with Crippen molar-refractivity contribution in [2.45, 2.75) is 191 Å². The fourth-order valence-electron chi connectivity index (χ4n) is 12.9. The molecule has 6 rings (SSSR count). The maximum absolute atomic E-state index is 14.3. The molecule has 0 spiro atoms. The summed E-state index contributed by atoms with van der Waals surface area (Å²) in [5.74, 6) is -2.12. The number of carbonyl (C=O) groups is 3. The Balaban J connectivity index is 1.15. The lowest BCUT2D eigenvalue weighted by Crippen LogP contribution is -2.65. The van der Waals surface area contributed by atoms with E-state index in [4.69, 9.17) is 23.7 Å². The average Bonchev–Trinajstić information content (AvgIpc) is 3.44. The van der Waals surface area contributed by atoms with Gasteiger partial charge in [-0.3, -0.25) is 14.4 Å². The summed E-state index contributed by atoms with van der Waals surface area (Å²) < 4.78 is 29.1. The smallest absolute Gasteiger partial charge is 0.302 e. The second-order valence-corrected chi connectivity index (χ2v) is 20.3. The van der Waals surface area contributed by atoms with Crippen molar-refractivity contribution >= 4 is 17.5 Å². The lowest BCUT2D eigenvalue weighted by Gasteiger charge is -2.60. The number of hydrogen-bond acceptors (Lipinski definition) is 17. The molecule has 4 aliphatic carbocycles. The molecule has 0 bridgehead atoms. The number of Topliss-reactive ketones (excluding diaryl/α,β-unsaturated/α-hetero) is 2. The third-order valence-electron chi connectivity index (χ3n) is 15.9. The monoisotopic (exact) mass is 858 g/mol. The molecular weight excluding hydrogens is 788 g/mol. The zero-order valence-electron chi connectivity index (χ0n) is 36.0. The van der Waals surface area contributed by atoms with Gasteiger partial charge in [0, 0.05) is 31.6 Å². The first kappa shape index (κ1) is 47.8. The lowest BCUT2D eigenvalue weighted by atomic mass is 9.44. The summed E-state index contributed by atoms with van der Waals surface area (Å²) in [5, 5.41) is 95.8. The van der Waals surface area contributed by atoms with Crippen molar-refractivity contribution in [2.75, 3.05) is 13.2 Å². The molecular formula is C43H70O17. The highest BCUT2D eigenvalue weighted by Crippen LogP contribution is 2.67. The number of aliphatic hydroxyl groups is 9. The molecule has 17 nitrogen and oxygen atoms in total. The zero-order valence-corrected chi connectivity index (χ0v) is 36.0. The summed E-state index contributed by atoms with van der Waals surface area (Å²) in [5.41, 5.74) is -3.63. The molecule has 0 aromatic heterocycles. The molecule has 21 atom stereocenters. The van der Waals surface area contributed by atoms with Crippen LogP contribution in [-0.4, -0.2) is 162 Å². The van der Waals surface area contributed by atoms with E-state index in [1.165, 1.54) is 6.92 Å². The maximum Gasteiger partial charge on any atom is 0.302 e. The molecule has 6 fully saturated rings. The third kappa shape index (κ3) is 8.74. The number of hydrogen-bond donors (Lipinski definition) is 9. The Morgan fingerprint density at radius 2 is 1.40 bits per heavy atom. The van der Waals surface area contributed by atoms with Crippen LogP contribution in [0.3, 0.4) is 0 Å². The topological polar surface area (TPSA) is 279 Å². The van der Waals surface area contributed by atoms with Crippen LogP contribution in [0.1, 0.15) is 106 Å². The fourth-order valence-corrected chi connectivity index (χ4v) is 12.9. The number of ether oxygens (including phenoxy) is 5. The minimum absolute atomic E-state index is 0.0284. The predicted octanol–water partition coefficient (Wildman–Crippen LogP) is -0.117. The largest absolute Gasteiger partial charge is 0.462 e. The standard InChI is InChI=1S/C43H70O17/c1-19(56-20(2)46)23(40(3,4)54)10-13-43(7,55)37-28(48)16-25-22-15-27(47)26-14-21(8-11-41(26,5)24(22)9-12-42(25,37)6)57-39-36(34(52)32(50)30(18-45)59-39)60-38-35(53)33(51)31(49)29(17-44)58-38/h19,21-26,29-39,44-45,49-55H,8-18H2,1-7H3/t19-,21-,22+,23-,24-,25-,26+,29+,30+,31+,32+,33-,34-,35+,36+,37-,38-,39+,41+,42-,43-/m0/s1. The van der Waals surface area contributed by atoms with E-state index in [0.29, 0.717) is 32.1 Å². The molecule has 9 N–H and O–H groups in total. The highest BCUT2D eigenvalue weighted by Gasteiger charge is 2.67. The van der Waals surface area contributed by atoms with Crippen LogP contribution in [0.2, 0.25) is 0 Å². The van der Waals surface area contributed by atoms with Crippen LogP contribution < -0.4 is 0 Å². The van der Waals surface area contributed by atoms with Crippen molar-refractivity contribution in [3.05, 3.63) is 0 Å². The van der Waals surface area contributed by atoms with Gasteiger partial charge >= 0.3 is 5.97 Å². The van der Waals surface area contributed by atoms with E-state index >= 15 is 0 Å². The number of fused-ring (bicyclic) bond motifs is 5. The van der Waals surface area contributed by atoms with Crippen LogP contribution in [0.15, 0.2) is 0 Å². The molecule has 2 aliphatic heterocycles. The van der Waals surface area contributed by atoms with Gasteiger partial charge in [-0.2, -0.15) is 0 Å². The van der Waals surface area contributed by atoms with E-state index in [0.717, 1.165) is 6.42 Å². The fraction of sp³-hybridized carbons (Fsp3) is 0.930. The summed E-state index contributed by atoms with van der Waals surface area (Å²) in [4.78, 5) is 40.2. The SMILES string of the molecule is CC(=O)O[C@@H](C)[C@H](CC[C@](C)(O)[C@H]1C(=O)C[C@H]2[C@@H]3CC(=O)[C@H]4C[C@@H](O[C@@H]5O[C@H](CO)[C@@H](O)[C@H](O)[C@H]5O[C@@H]5O[C@H](CO)[C@@H](O)[C@H](O)[C@H]5O)CC[C@]4(C)[C@H]3CC[C@@]21C)C(C)(C)O. The Hall–Kier alpha value is -1.71. The van der Waals surface area contributed by atoms with Gasteiger partial charge in [0.05, 0.1) is 36.4 Å². The molecule has 2 heterocycles. The van der Waals surface area contributed by atoms with Gasteiger partial charge in [-0.25, -0.2) is 0 Å². The summed E-state index contributed by atoms with van der Waals surface area (Å²) >= 11 is 0. The molecule has 0 aromatic rings. The number of ketones is 2. The normalized spacial score (nSPS) is 46.7. The van der Waals surface area contributed by atoms with E-state index in [1.807, 2.05) is 0 Å². The summed E-state index contributed by atoms with van der Waals surface area (Å²) in [7, 11) is 0. The molecule has 0 amide bonds. The van der Waals surface area contributed by atoms with Gasteiger partial charge in [0.25, 0.3) is 0 Å². The van der Waals surface area contributed by atoms with Crippen molar-refractivity contribution in [1.29, 1.82) is 0 Å². The van der Waals surface area contributed by atoms with Crippen molar-refractivity contribution in [3.63, 3.8) is 0 Å². The molecule has 2 saturated heterocycles. The second kappa shape index (κ2) is 17.7. The molecule has 0 aromatic carbocycles. The van der Waals surface area contributed by atoms with E-state index in [2.05, 4.69) is 13.8 Å². The Kier molecular flexibility index (Phi) is 14.1. The average molecular weight is 859 g/mol. The van der Waals surface area contributed by atoms with Crippen molar-refractivity contribution in [1.82, 2.24) is 0 Å². The van der Waals surface area contributed by atoms with E-state index in [9.17, 15) is 60.3 Å². The molecule has 0 radical (unpaired) electrons. The van der Waals surface area contributed by atoms with E-state index < -0.39 is 133 Å². The quantitative estimate of drug-likeness (QED) is 0.0863. The van der Waals surface area contributed by atoms with Gasteiger partial charge in [0.15, 0.2) is 12.6 Å². The molecule has 17 heteroatoms. The van der Waals surface area contributed by atoms with E-state index in [-0.39, 0.29) is 48.6 Å². The van der Waals surface area contributed by atoms with Gasteiger partial charge in [0.2, 0.25) is 0 Å². The molecule has 6 aliphatic rings. The number of aliphatic hydroxyl groups excluding tert-OH is 7. The molecule has 0 unspecified atom stereocenters. The number of carbonyl (C=O) groups excluding carboxylic acids is 3. The first-order valence-corrected chi connectivity index (χ1v) is 21.8. The van der Waals surface area contributed by atoms with Crippen molar-refractivity contribution < 1.29 is 84.0 Å². The van der Waals surface area contributed by atoms with Gasteiger partial charge in [-0.1, -0.05) is 13.8 Å². The second-order valence-electron chi connectivity index (χ2n) is 20.3. The van der Waals surface area contributed by atoms with Crippen LogP contribution >= 0.6 is 0 Å². The van der Waals surface area contributed by atoms with Crippen LogP contribution in [0, 0.1) is 46.3 Å². The van der Waals surface area contributed by atoms with Gasteiger partial charge < -0.3 is 69.6 Å². The Morgan fingerprint density at radius 1 is 0.800 bits per heavy atom. The van der Waals surface area contributed by atoms with Crippen molar-refractivity contribution in [3.8, 4) is 0 Å². The van der Waals surface area contributed by atoms with Crippen LogP contribution in [0.5, 0.6) is 0 Å². The Morgan fingerprint density at radius 3 is 2.00 bits per heavy atom. The summed E-state index contributed by atoms with van der Waals surface area (Å²) in [6.45, 7) is 10.8. The summed E-state index contributed by atoms with van der Waals surface area (Å²) in [6, 6.07) is 0. The maximum atomic E-state index is 14.3. The van der Waals surface area contributed by atoms with Gasteiger partial charge in [-0.15, -0.1) is 0 Å². The van der Waals surface area contributed by atoms with E-state index in [1.54, 1.807) is 27.7 Å². The Labute approximate surface area is 351 Å². The van der Waals surface area contributed by atoms with Crippen LogP contribution in [0.25, 0.3) is 0 Å². The minimum Gasteiger partial charge on any atom is -0.462 e.